The molecular weight excluding hydrogens is 216 g/mol. The van der Waals surface area contributed by atoms with Gasteiger partial charge in [-0.2, -0.15) is 0 Å². The van der Waals surface area contributed by atoms with Gasteiger partial charge in [-0.25, -0.2) is 13.8 Å². The minimum atomic E-state index is -2.84. The molecule has 0 bridgehead atoms. The molecule has 0 aliphatic carbocycles. The summed E-state index contributed by atoms with van der Waals surface area (Å²) in [7, 11) is 0. The lowest BCUT2D eigenvalue weighted by Crippen LogP contribution is -2.15. The predicted molar refractivity (Wildman–Crippen MR) is 47.1 cm³/mol. The summed E-state index contributed by atoms with van der Waals surface area (Å²) in [5.74, 6) is -1.21. The van der Waals surface area contributed by atoms with E-state index in [4.69, 9.17) is 23.1 Å². The molecule has 0 saturated carbocycles. The molecule has 7 heteroatoms. The Bertz CT molecular complexity index is 383. The number of carbonyl (C=O) groups excluding carboxylic acids is 1. The minimum absolute atomic E-state index is 0.167. The van der Waals surface area contributed by atoms with Crippen molar-refractivity contribution >= 4 is 23.3 Å². The smallest absolute Gasteiger partial charge is 0.281 e. The Morgan fingerprint density at radius 2 is 2.14 bits per heavy atom. The van der Waals surface area contributed by atoms with Crippen LogP contribution in [-0.2, 0) is 0 Å². The van der Waals surface area contributed by atoms with Gasteiger partial charge in [0.1, 0.15) is 11.5 Å². The molecule has 14 heavy (non-hydrogen) atoms. The second kappa shape index (κ2) is 3.75. The van der Waals surface area contributed by atoms with Crippen LogP contribution in [0.4, 0.5) is 14.6 Å². The first-order chi connectivity index (χ1) is 6.43. The molecule has 0 atom stereocenters. The van der Waals surface area contributed by atoms with E-state index >= 15 is 0 Å². The fraction of sp³-hybridized carbons (Fsp3) is 0.143. The van der Waals surface area contributed by atoms with Gasteiger partial charge in [0.15, 0.2) is 0 Å². The highest BCUT2D eigenvalue weighted by molar-refractivity contribution is 6.31. The summed E-state index contributed by atoms with van der Waals surface area (Å²) in [6, 6.07) is 0.980. The molecule has 1 rings (SSSR count). The van der Waals surface area contributed by atoms with Crippen molar-refractivity contribution in [2.24, 2.45) is 5.73 Å². The summed E-state index contributed by atoms with van der Waals surface area (Å²) < 4.78 is 24.4. The number of primary amides is 1. The lowest BCUT2D eigenvalue weighted by Gasteiger charge is -2.06. The number of anilines is 1. The van der Waals surface area contributed by atoms with Crippen molar-refractivity contribution in [1.82, 2.24) is 4.98 Å². The van der Waals surface area contributed by atoms with Crippen molar-refractivity contribution in [1.29, 1.82) is 0 Å². The number of nitrogen functional groups attached to an aromatic ring is 1. The van der Waals surface area contributed by atoms with E-state index in [1.165, 1.54) is 0 Å². The monoisotopic (exact) mass is 221 g/mol. The third-order valence-electron chi connectivity index (χ3n) is 1.50. The number of rotatable bonds is 2. The molecule has 76 valence electrons. The van der Waals surface area contributed by atoms with E-state index in [1.54, 1.807) is 0 Å². The Balaban J connectivity index is 3.31. The van der Waals surface area contributed by atoms with Gasteiger partial charge in [0.2, 0.25) is 0 Å². The van der Waals surface area contributed by atoms with Crippen LogP contribution >= 0.6 is 11.6 Å². The number of hydrogen-bond acceptors (Lipinski definition) is 3. The lowest BCUT2D eigenvalue weighted by atomic mass is 10.2. The summed E-state index contributed by atoms with van der Waals surface area (Å²) in [5.41, 5.74) is 9.30. The SMILES string of the molecule is NC(=O)c1cc(Cl)c(C(F)F)nc1N. The summed E-state index contributed by atoms with van der Waals surface area (Å²) in [4.78, 5) is 14.0. The Labute approximate surface area is 82.9 Å². The number of amides is 1. The second-order valence-electron chi connectivity index (χ2n) is 2.45. The highest BCUT2D eigenvalue weighted by Gasteiger charge is 2.18. The topological polar surface area (TPSA) is 82.0 Å². The number of alkyl halides is 2. The number of nitrogens with two attached hydrogens (primary N) is 2. The molecule has 0 aliphatic heterocycles. The van der Waals surface area contributed by atoms with Gasteiger partial charge < -0.3 is 11.5 Å². The van der Waals surface area contributed by atoms with Crippen molar-refractivity contribution in [3.05, 3.63) is 22.3 Å². The number of hydrogen-bond donors (Lipinski definition) is 2. The molecule has 0 radical (unpaired) electrons. The van der Waals surface area contributed by atoms with Gasteiger partial charge in [-0.3, -0.25) is 4.79 Å². The Kier molecular flexibility index (Phi) is 2.85. The van der Waals surface area contributed by atoms with Crippen LogP contribution in [0.15, 0.2) is 6.07 Å². The average Bonchev–Trinajstić information content (AvgIpc) is 2.07. The maximum absolute atomic E-state index is 12.2. The van der Waals surface area contributed by atoms with Crippen LogP contribution in [0.5, 0.6) is 0 Å². The molecule has 0 aliphatic rings. The highest BCUT2D eigenvalue weighted by atomic mass is 35.5. The summed E-state index contributed by atoms with van der Waals surface area (Å²) in [6.07, 6.45) is -2.84. The minimum Gasteiger partial charge on any atom is -0.383 e. The molecule has 1 aromatic rings. The van der Waals surface area contributed by atoms with Gasteiger partial charge in [0, 0.05) is 0 Å². The number of carbonyl (C=O) groups is 1. The summed E-state index contributed by atoms with van der Waals surface area (Å²) >= 11 is 5.43. The van der Waals surface area contributed by atoms with Crippen LogP contribution in [0.3, 0.4) is 0 Å². The lowest BCUT2D eigenvalue weighted by molar-refractivity contribution is 0.1000. The van der Waals surface area contributed by atoms with Crippen molar-refractivity contribution in [3.8, 4) is 0 Å². The number of pyridine rings is 1. The maximum Gasteiger partial charge on any atom is 0.281 e. The Morgan fingerprint density at radius 1 is 1.57 bits per heavy atom. The molecular formula is C7H6ClF2N3O. The summed E-state index contributed by atoms with van der Waals surface area (Å²) in [5, 5.41) is -0.331. The molecule has 1 aromatic heterocycles. The molecule has 0 saturated heterocycles. The van der Waals surface area contributed by atoms with E-state index in [0.717, 1.165) is 6.07 Å². The van der Waals surface area contributed by atoms with Gasteiger partial charge in [-0.1, -0.05) is 11.6 Å². The molecule has 0 spiro atoms. The van der Waals surface area contributed by atoms with Crippen LogP contribution < -0.4 is 11.5 Å². The Hall–Kier alpha value is -1.43. The van der Waals surface area contributed by atoms with Gasteiger partial charge in [0.25, 0.3) is 12.3 Å². The molecule has 4 N–H and O–H groups in total. The Morgan fingerprint density at radius 3 is 2.57 bits per heavy atom. The quantitative estimate of drug-likeness (QED) is 0.791. The van der Waals surface area contributed by atoms with E-state index in [1.807, 2.05) is 0 Å². The van der Waals surface area contributed by atoms with Gasteiger partial charge in [-0.05, 0) is 6.07 Å². The van der Waals surface area contributed by atoms with Crippen LogP contribution in [0.25, 0.3) is 0 Å². The molecule has 1 heterocycles. The van der Waals surface area contributed by atoms with Crippen LogP contribution in [0.1, 0.15) is 22.5 Å². The van der Waals surface area contributed by atoms with Crippen LogP contribution in [0, 0.1) is 0 Å². The van der Waals surface area contributed by atoms with Crippen molar-refractivity contribution in [2.45, 2.75) is 6.43 Å². The van der Waals surface area contributed by atoms with E-state index in [0.29, 0.717) is 0 Å². The zero-order valence-corrected chi connectivity index (χ0v) is 7.55. The predicted octanol–water partition coefficient (Wildman–Crippen LogP) is 1.35. The third-order valence-corrected chi connectivity index (χ3v) is 1.81. The average molecular weight is 222 g/mol. The molecule has 0 aromatic carbocycles. The standard InChI is InChI=1S/C7H6ClF2N3O/c8-3-1-2(7(12)14)6(11)13-4(3)5(9)10/h1,5H,(H2,11,13)(H2,12,14). The normalized spacial score (nSPS) is 10.6. The van der Waals surface area contributed by atoms with Gasteiger partial charge >= 0.3 is 0 Å². The van der Waals surface area contributed by atoms with E-state index in [-0.39, 0.29) is 16.4 Å². The molecule has 1 amide bonds. The highest BCUT2D eigenvalue weighted by Crippen LogP contribution is 2.27. The number of nitrogens with zero attached hydrogens (tertiary/aromatic N) is 1. The zero-order valence-electron chi connectivity index (χ0n) is 6.80. The second-order valence-corrected chi connectivity index (χ2v) is 2.86. The van der Waals surface area contributed by atoms with Gasteiger partial charge in [0.05, 0.1) is 10.6 Å². The fourth-order valence-corrected chi connectivity index (χ4v) is 1.10. The first-order valence-corrected chi connectivity index (χ1v) is 3.85. The third kappa shape index (κ3) is 1.90. The fourth-order valence-electron chi connectivity index (χ4n) is 0.868. The van der Waals surface area contributed by atoms with Crippen molar-refractivity contribution < 1.29 is 13.6 Å². The molecule has 4 nitrogen and oxygen atoms in total. The molecule has 0 unspecified atom stereocenters. The zero-order chi connectivity index (χ0) is 10.9. The van der Waals surface area contributed by atoms with E-state index < -0.39 is 18.0 Å². The van der Waals surface area contributed by atoms with Crippen molar-refractivity contribution in [2.75, 3.05) is 5.73 Å². The maximum atomic E-state index is 12.2. The first kappa shape index (κ1) is 10.6. The van der Waals surface area contributed by atoms with Crippen LogP contribution in [0.2, 0.25) is 5.02 Å². The van der Waals surface area contributed by atoms with E-state index in [9.17, 15) is 13.6 Å². The summed E-state index contributed by atoms with van der Waals surface area (Å²) in [6.45, 7) is 0. The van der Waals surface area contributed by atoms with Crippen LogP contribution in [-0.4, -0.2) is 10.9 Å². The van der Waals surface area contributed by atoms with Gasteiger partial charge in [-0.15, -0.1) is 0 Å². The largest absolute Gasteiger partial charge is 0.383 e. The van der Waals surface area contributed by atoms with E-state index in [2.05, 4.69) is 4.98 Å². The first-order valence-electron chi connectivity index (χ1n) is 3.47. The van der Waals surface area contributed by atoms with Crippen molar-refractivity contribution in [3.63, 3.8) is 0 Å². The number of aromatic nitrogens is 1. The number of halogens is 3. The molecule has 0 fully saturated rings.